The van der Waals surface area contributed by atoms with Crippen molar-refractivity contribution in [1.29, 1.82) is 0 Å². The van der Waals surface area contributed by atoms with Crippen molar-refractivity contribution in [3.8, 4) is 11.5 Å². The molecule has 1 fully saturated rings. The van der Waals surface area contributed by atoms with Crippen LogP contribution in [0.15, 0.2) is 48.5 Å². The molecule has 2 aromatic rings. The number of primary amides is 1. The predicted molar refractivity (Wildman–Crippen MR) is 87.3 cm³/mol. The number of para-hydroxylation sites is 2. The van der Waals surface area contributed by atoms with Gasteiger partial charge in [-0.1, -0.05) is 24.3 Å². The Morgan fingerprint density at radius 2 is 2.00 bits per heavy atom. The van der Waals surface area contributed by atoms with E-state index in [2.05, 4.69) is 0 Å². The van der Waals surface area contributed by atoms with Crippen molar-refractivity contribution in [3.05, 3.63) is 54.1 Å². The maximum Gasteiger partial charge on any atom is 0.227 e. The van der Waals surface area contributed by atoms with Crippen LogP contribution in [-0.2, 0) is 9.59 Å². The summed E-state index contributed by atoms with van der Waals surface area (Å²) < 4.78 is 5.94. The first-order valence-electron chi connectivity index (χ1n) is 7.48. The van der Waals surface area contributed by atoms with E-state index in [1.165, 1.54) is 0 Å². The summed E-state index contributed by atoms with van der Waals surface area (Å²) in [5.74, 6) is 0.272. The normalized spacial score (nSPS) is 17.3. The topological polar surface area (TPSA) is 72.6 Å². The number of ether oxygens (including phenoxy) is 1. The quantitative estimate of drug-likeness (QED) is 0.943. The van der Waals surface area contributed by atoms with Crippen LogP contribution in [-0.4, -0.2) is 18.4 Å². The van der Waals surface area contributed by atoms with Gasteiger partial charge in [0.05, 0.1) is 11.6 Å². The Morgan fingerprint density at radius 1 is 1.22 bits per heavy atom. The summed E-state index contributed by atoms with van der Waals surface area (Å²) in [7, 11) is 0. The number of carbonyl (C=O) groups excluding carboxylic acids is 2. The predicted octanol–water partition coefficient (Wildman–Crippen LogP) is 2.63. The van der Waals surface area contributed by atoms with Crippen LogP contribution in [0.2, 0.25) is 0 Å². The molecule has 3 rings (SSSR count). The SMILES string of the molecule is Cc1cccc(Oc2ccccc2N2CC(C(N)=O)CC2=O)c1. The molecule has 0 spiro atoms. The molecule has 5 nitrogen and oxygen atoms in total. The molecule has 1 atom stereocenters. The second-order valence-corrected chi connectivity index (χ2v) is 5.69. The molecular weight excluding hydrogens is 292 g/mol. The summed E-state index contributed by atoms with van der Waals surface area (Å²) in [6.07, 6.45) is 0.147. The van der Waals surface area contributed by atoms with Gasteiger partial charge in [-0.2, -0.15) is 0 Å². The van der Waals surface area contributed by atoms with Crippen LogP contribution in [0.4, 0.5) is 5.69 Å². The molecule has 1 unspecified atom stereocenters. The van der Waals surface area contributed by atoms with Crippen molar-refractivity contribution in [1.82, 2.24) is 0 Å². The number of nitrogens with zero attached hydrogens (tertiary/aromatic N) is 1. The lowest BCUT2D eigenvalue weighted by Gasteiger charge is -2.20. The smallest absolute Gasteiger partial charge is 0.227 e. The maximum absolute atomic E-state index is 12.2. The van der Waals surface area contributed by atoms with Gasteiger partial charge in [0.2, 0.25) is 11.8 Å². The van der Waals surface area contributed by atoms with Crippen LogP contribution in [0.5, 0.6) is 11.5 Å². The van der Waals surface area contributed by atoms with E-state index in [1.807, 2.05) is 55.5 Å². The third-order valence-corrected chi connectivity index (χ3v) is 3.90. The third kappa shape index (κ3) is 3.18. The molecule has 2 N–H and O–H groups in total. The van der Waals surface area contributed by atoms with Crippen LogP contribution in [0, 0.1) is 12.8 Å². The number of rotatable bonds is 4. The van der Waals surface area contributed by atoms with E-state index in [0.717, 1.165) is 5.56 Å². The van der Waals surface area contributed by atoms with E-state index >= 15 is 0 Å². The van der Waals surface area contributed by atoms with Crippen molar-refractivity contribution in [2.75, 3.05) is 11.4 Å². The standard InChI is InChI=1S/C18H18N2O3/c1-12-5-4-6-14(9-12)23-16-8-3-2-7-15(16)20-11-13(18(19)22)10-17(20)21/h2-9,13H,10-11H2,1H3,(H2,19,22). The van der Waals surface area contributed by atoms with Gasteiger partial charge < -0.3 is 15.4 Å². The Bertz CT molecular complexity index is 757. The van der Waals surface area contributed by atoms with Crippen molar-refractivity contribution in [3.63, 3.8) is 0 Å². The minimum Gasteiger partial charge on any atom is -0.455 e. The largest absolute Gasteiger partial charge is 0.455 e. The molecule has 0 radical (unpaired) electrons. The highest BCUT2D eigenvalue weighted by atomic mass is 16.5. The number of nitrogens with two attached hydrogens (primary N) is 1. The molecule has 1 saturated heterocycles. The first kappa shape index (κ1) is 15.1. The lowest BCUT2D eigenvalue weighted by molar-refractivity contribution is -0.123. The van der Waals surface area contributed by atoms with E-state index < -0.39 is 11.8 Å². The summed E-state index contributed by atoms with van der Waals surface area (Å²) in [6.45, 7) is 2.28. The summed E-state index contributed by atoms with van der Waals surface area (Å²) in [6, 6.07) is 15.0. The van der Waals surface area contributed by atoms with Crippen molar-refractivity contribution < 1.29 is 14.3 Å². The Kier molecular flexibility index (Phi) is 4.02. The van der Waals surface area contributed by atoms with Crippen molar-refractivity contribution >= 4 is 17.5 Å². The minimum absolute atomic E-state index is 0.117. The van der Waals surface area contributed by atoms with Gasteiger partial charge in [0.15, 0.2) is 5.75 Å². The molecule has 2 amide bonds. The molecule has 0 aromatic heterocycles. The fourth-order valence-corrected chi connectivity index (χ4v) is 2.70. The summed E-state index contributed by atoms with van der Waals surface area (Å²) >= 11 is 0. The second kappa shape index (κ2) is 6.12. The number of amides is 2. The highest BCUT2D eigenvalue weighted by Gasteiger charge is 2.35. The third-order valence-electron chi connectivity index (χ3n) is 3.90. The first-order valence-corrected chi connectivity index (χ1v) is 7.48. The van der Waals surface area contributed by atoms with Gasteiger partial charge in [-0.25, -0.2) is 0 Å². The Hall–Kier alpha value is -2.82. The molecule has 1 aliphatic rings. The van der Waals surface area contributed by atoms with Crippen LogP contribution in [0.1, 0.15) is 12.0 Å². The van der Waals surface area contributed by atoms with Gasteiger partial charge in [0, 0.05) is 13.0 Å². The average molecular weight is 310 g/mol. The Morgan fingerprint density at radius 3 is 2.70 bits per heavy atom. The van der Waals surface area contributed by atoms with Crippen molar-refractivity contribution in [2.45, 2.75) is 13.3 Å². The number of anilines is 1. The van der Waals surface area contributed by atoms with E-state index in [0.29, 0.717) is 23.7 Å². The summed E-state index contributed by atoms with van der Waals surface area (Å²) in [5, 5.41) is 0. The van der Waals surface area contributed by atoms with Crippen molar-refractivity contribution in [2.24, 2.45) is 11.7 Å². The van der Waals surface area contributed by atoms with E-state index in [1.54, 1.807) is 4.90 Å². The lowest BCUT2D eigenvalue weighted by Crippen LogP contribution is -2.28. The molecular formula is C18H18N2O3. The van der Waals surface area contributed by atoms with E-state index in [9.17, 15) is 9.59 Å². The van der Waals surface area contributed by atoms with Gasteiger partial charge >= 0.3 is 0 Å². The molecule has 118 valence electrons. The molecule has 0 saturated carbocycles. The average Bonchev–Trinajstić information content (AvgIpc) is 2.90. The molecule has 1 heterocycles. The Balaban J connectivity index is 1.89. The van der Waals surface area contributed by atoms with Gasteiger partial charge in [0.25, 0.3) is 0 Å². The summed E-state index contributed by atoms with van der Waals surface area (Å²) in [5.41, 5.74) is 7.07. The molecule has 2 aromatic carbocycles. The Labute approximate surface area is 134 Å². The number of benzene rings is 2. The van der Waals surface area contributed by atoms with E-state index in [4.69, 9.17) is 10.5 Å². The van der Waals surface area contributed by atoms with E-state index in [-0.39, 0.29) is 12.3 Å². The number of hydrogen-bond donors (Lipinski definition) is 1. The first-order chi connectivity index (χ1) is 11.0. The minimum atomic E-state index is -0.450. The fourth-order valence-electron chi connectivity index (χ4n) is 2.70. The molecule has 0 bridgehead atoms. The monoisotopic (exact) mass is 310 g/mol. The highest BCUT2D eigenvalue weighted by molar-refractivity contribution is 6.01. The molecule has 23 heavy (non-hydrogen) atoms. The van der Waals surface area contributed by atoms with Gasteiger partial charge in [0.1, 0.15) is 5.75 Å². The van der Waals surface area contributed by atoms with Gasteiger partial charge in [-0.15, -0.1) is 0 Å². The molecule has 5 heteroatoms. The van der Waals surface area contributed by atoms with Gasteiger partial charge in [-0.3, -0.25) is 9.59 Å². The number of carbonyl (C=O) groups is 2. The van der Waals surface area contributed by atoms with Crippen LogP contribution >= 0.6 is 0 Å². The van der Waals surface area contributed by atoms with Crippen LogP contribution in [0.3, 0.4) is 0 Å². The molecule has 0 aliphatic carbocycles. The van der Waals surface area contributed by atoms with Gasteiger partial charge in [-0.05, 0) is 36.8 Å². The number of hydrogen-bond acceptors (Lipinski definition) is 3. The zero-order valence-corrected chi connectivity index (χ0v) is 12.9. The number of aryl methyl sites for hydroxylation is 1. The van der Waals surface area contributed by atoms with Crippen LogP contribution < -0.4 is 15.4 Å². The maximum atomic E-state index is 12.2. The second-order valence-electron chi connectivity index (χ2n) is 5.69. The lowest BCUT2D eigenvalue weighted by atomic mass is 10.1. The summed E-state index contributed by atoms with van der Waals surface area (Å²) in [4.78, 5) is 25.1. The highest BCUT2D eigenvalue weighted by Crippen LogP contribution is 2.35. The van der Waals surface area contributed by atoms with Crippen LogP contribution in [0.25, 0.3) is 0 Å². The molecule has 1 aliphatic heterocycles. The zero-order chi connectivity index (χ0) is 16.4. The zero-order valence-electron chi connectivity index (χ0n) is 12.9. The fraction of sp³-hybridized carbons (Fsp3) is 0.222.